The second-order valence-corrected chi connectivity index (χ2v) is 8.38. The molecular formula is C22H20ClN3O6S. The fourth-order valence-corrected chi connectivity index (χ4v) is 4.08. The van der Waals surface area contributed by atoms with E-state index < -0.39 is 23.6 Å². The average molecular weight is 490 g/mol. The summed E-state index contributed by atoms with van der Waals surface area (Å²) in [6, 6.07) is 10.4. The van der Waals surface area contributed by atoms with Crippen molar-refractivity contribution >= 4 is 58.1 Å². The first-order chi connectivity index (χ1) is 15.7. The lowest BCUT2D eigenvalue weighted by molar-refractivity contribution is -0.127. The summed E-state index contributed by atoms with van der Waals surface area (Å²) in [4.78, 5) is 48.5. The van der Waals surface area contributed by atoms with Crippen LogP contribution in [0, 0.1) is 6.92 Å². The first kappa shape index (κ1) is 24.1. The molecule has 33 heavy (non-hydrogen) atoms. The van der Waals surface area contributed by atoms with Gasteiger partial charge in [-0.1, -0.05) is 23.7 Å². The average Bonchev–Trinajstić information content (AvgIpc) is 2.99. The molecule has 1 aliphatic rings. The van der Waals surface area contributed by atoms with E-state index in [1.807, 2.05) is 25.1 Å². The second kappa shape index (κ2) is 10.4. The van der Waals surface area contributed by atoms with Gasteiger partial charge in [-0.05, 0) is 60.2 Å². The van der Waals surface area contributed by atoms with E-state index in [0.29, 0.717) is 23.0 Å². The maximum atomic E-state index is 12.4. The van der Waals surface area contributed by atoms with Crippen LogP contribution in [0.1, 0.15) is 11.1 Å². The van der Waals surface area contributed by atoms with Gasteiger partial charge in [-0.25, -0.2) is 0 Å². The number of carbonyl (C=O) groups is 4. The van der Waals surface area contributed by atoms with Crippen LogP contribution in [-0.2, 0) is 14.4 Å². The van der Waals surface area contributed by atoms with Crippen LogP contribution in [0.4, 0.5) is 10.5 Å². The van der Waals surface area contributed by atoms with Crippen molar-refractivity contribution in [2.45, 2.75) is 6.92 Å². The van der Waals surface area contributed by atoms with E-state index in [-0.39, 0.29) is 33.9 Å². The molecule has 0 aromatic heterocycles. The van der Waals surface area contributed by atoms with Crippen molar-refractivity contribution < 1.29 is 28.7 Å². The minimum atomic E-state index is -0.795. The highest BCUT2D eigenvalue weighted by Gasteiger charge is 2.35. The predicted octanol–water partition coefficient (Wildman–Crippen LogP) is 3.20. The molecule has 0 spiro atoms. The van der Waals surface area contributed by atoms with Gasteiger partial charge in [0, 0.05) is 5.69 Å². The molecule has 3 rings (SSSR count). The molecule has 0 aliphatic carbocycles. The lowest BCUT2D eigenvalue weighted by Crippen LogP contribution is -2.36. The van der Waals surface area contributed by atoms with Gasteiger partial charge in [0.2, 0.25) is 5.91 Å². The zero-order valence-corrected chi connectivity index (χ0v) is 19.3. The number of primary amides is 1. The summed E-state index contributed by atoms with van der Waals surface area (Å²) in [5, 5.41) is 2.27. The first-order valence-electron chi connectivity index (χ1n) is 9.58. The van der Waals surface area contributed by atoms with Gasteiger partial charge in [-0.3, -0.25) is 24.1 Å². The molecule has 0 bridgehead atoms. The molecule has 2 aromatic rings. The smallest absolute Gasteiger partial charge is 0.294 e. The Morgan fingerprint density at radius 3 is 2.67 bits per heavy atom. The number of imide groups is 1. The Morgan fingerprint density at radius 1 is 1.24 bits per heavy atom. The number of amides is 4. The summed E-state index contributed by atoms with van der Waals surface area (Å²) in [7, 11) is 1.40. The Bertz CT molecular complexity index is 1170. The monoisotopic (exact) mass is 489 g/mol. The Balaban J connectivity index is 1.74. The normalized spacial score (nSPS) is 14.5. The molecule has 2 aromatic carbocycles. The maximum absolute atomic E-state index is 12.4. The number of nitrogens with zero attached hydrogens (tertiary/aromatic N) is 1. The van der Waals surface area contributed by atoms with Gasteiger partial charge in [0.1, 0.15) is 6.54 Å². The lowest BCUT2D eigenvalue weighted by Gasteiger charge is -2.14. The molecule has 0 saturated carbocycles. The SMILES string of the molecule is COc1cc(/C=C2\SC(=O)N(CC(N)=O)C2=O)cc(Cl)c1OCC(=O)Nc1cccc(C)c1. The standard InChI is InChI=1S/C22H20ClN3O6S/c1-12-4-3-5-14(6-12)25-19(28)11-32-20-15(23)7-13(8-16(20)31-2)9-17-21(29)26(10-18(24)27)22(30)33-17/h3-9H,10-11H2,1-2H3,(H2,24,27)(H,25,28)/b17-9-. The third-order valence-corrected chi connectivity index (χ3v) is 5.57. The van der Waals surface area contributed by atoms with Gasteiger partial charge in [-0.2, -0.15) is 0 Å². The summed E-state index contributed by atoms with van der Waals surface area (Å²) in [6.07, 6.45) is 1.44. The summed E-state index contributed by atoms with van der Waals surface area (Å²) in [5.74, 6) is -1.43. The Kier molecular flexibility index (Phi) is 7.62. The number of anilines is 1. The minimum absolute atomic E-state index is 0.102. The fourth-order valence-electron chi connectivity index (χ4n) is 2.96. The van der Waals surface area contributed by atoms with Crippen molar-refractivity contribution in [1.82, 2.24) is 4.90 Å². The third kappa shape index (κ3) is 6.05. The van der Waals surface area contributed by atoms with E-state index in [4.69, 9.17) is 26.8 Å². The molecule has 1 aliphatic heterocycles. The second-order valence-electron chi connectivity index (χ2n) is 6.97. The minimum Gasteiger partial charge on any atom is -0.493 e. The highest BCUT2D eigenvalue weighted by Crippen LogP contribution is 2.39. The molecule has 0 atom stereocenters. The molecule has 0 unspecified atom stereocenters. The van der Waals surface area contributed by atoms with Crippen molar-refractivity contribution in [3.05, 3.63) is 57.5 Å². The number of thioether (sulfide) groups is 1. The van der Waals surface area contributed by atoms with Crippen molar-refractivity contribution in [1.29, 1.82) is 0 Å². The number of nitrogens with one attached hydrogen (secondary N) is 1. The molecule has 4 amide bonds. The molecular weight excluding hydrogens is 470 g/mol. The van der Waals surface area contributed by atoms with Crippen LogP contribution in [0.5, 0.6) is 11.5 Å². The zero-order valence-electron chi connectivity index (χ0n) is 17.7. The van der Waals surface area contributed by atoms with Crippen LogP contribution in [0.15, 0.2) is 41.3 Å². The summed E-state index contributed by atoms with van der Waals surface area (Å²) in [5.41, 5.74) is 7.18. The Labute approximate surface area is 198 Å². The van der Waals surface area contributed by atoms with Crippen molar-refractivity contribution in [3.63, 3.8) is 0 Å². The van der Waals surface area contributed by atoms with Crippen LogP contribution >= 0.6 is 23.4 Å². The molecule has 1 fully saturated rings. The van der Waals surface area contributed by atoms with E-state index in [9.17, 15) is 19.2 Å². The van der Waals surface area contributed by atoms with Gasteiger partial charge >= 0.3 is 0 Å². The van der Waals surface area contributed by atoms with Gasteiger partial charge in [-0.15, -0.1) is 0 Å². The van der Waals surface area contributed by atoms with E-state index in [0.717, 1.165) is 10.5 Å². The number of carbonyl (C=O) groups excluding carboxylic acids is 4. The van der Waals surface area contributed by atoms with Gasteiger partial charge in [0.05, 0.1) is 17.0 Å². The van der Waals surface area contributed by atoms with Crippen LogP contribution < -0.4 is 20.5 Å². The Hall–Kier alpha value is -3.50. The zero-order chi connectivity index (χ0) is 24.1. The number of halogens is 1. The number of rotatable bonds is 8. The molecule has 1 saturated heterocycles. The molecule has 9 nitrogen and oxygen atoms in total. The topological polar surface area (TPSA) is 128 Å². The van der Waals surface area contributed by atoms with Crippen LogP contribution in [0.2, 0.25) is 5.02 Å². The number of nitrogens with two attached hydrogens (primary N) is 1. The quantitative estimate of drug-likeness (QED) is 0.545. The predicted molar refractivity (Wildman–Crippen MR) is 125 cm³/mol. The lowest BCUT2D eigenvalue weighted by atomic mass is 10.1. The van der Waals surface area contributed by atoms with E-state index in [2.05, 4.69) is 5.32 Å². The maximum Gasteiger partial charge on any atom is 0.294 e. The largest absolute Gasteiger partial charge is 0.493 e. The van der Waals surface area contributed by atoms with Crippen LogP contribution in [0.25, 0.3) is 6.08 Å². The molecule has 11 heteroatoms. The number of methoxy groups -OCH3 is 1. The summed E-state index contributed by atoms with van der Waals surface area (Å²) < 4.78 is 10.9. The summed E-state index contributed by atoms with van der Waals surface area (Å²) in [6.45, 7) is 1.11. The van der Waals surface area contributed by atoms with Crippen molar-refractivity contribution in [3.8, 4) is 11.5 Å². The third-order valence-electron chi connectivity index (χ3n) is 4.39. The number of ether oxygens (including phenoxy) is 2. The van der Waals surface area contributed by atoms with Gasteiger partial charge < -0.3 is 20.5 Å². The Morgan fingerprint density at radius 2 is 2.00 bits per heavy atom. The van der Waals surface area contributed by atoms with Crippen molar-refractivity contribution in [2.75, 3.05) is 25.6 Å². The van der Waals surface area contributed by atoms with E-state index >= 15 is 0 Å². The van der Waals surface area contributed by atoms with Crippen LogP contribution in [0.3, 0.4) is 0 Å². The number of hydrogen-bond acceptors (Lipinski definition) is 7. The number of hydrogen-bond donors (Lipinski definition) is 2. The first-order valence-corrected chi connectivity index (χ1v) is 10.8. The highest BCUT2D eigenvalue weighted by molar-refractivity contribution is 8.18. The highest BCUT2D eigenvalue weighted by atomic mass is 35.5. The number of benzene rings is 2. The van der Waals surface area contributed by atoms with E-state index in [1.54, 1.807) is 12.1 Å². The van der Waals surface area contributed by atoms with Gasteiger partial charge in [0.25, 0.3) is 17.1 Å². The van der Waals surface area contributed by atoms with Gasteiger partial charge in [0.15, 0.2) is 18.1 Å². The molecule has 1 heterocycles. The summed E-state index contributed by atoms with van der Waals surface area (Å²) >= 11 is 7.01. The van der Waals surface area contributed by atoms with Crippen molar-refractivity contribution in [2.24, 2.45) is 5.73 Å². The molecule has 3 N–H and O–H groups in total. The number of aryl methyl sites for hydroxylation is 1. The van der Waals surface area contributed by atoms with E-state index in [1.165, 1.54) is 19.3 Å². The van der Waals surface area contributed by atoms with Crippen LogP contribution in [-0.4, -0.2) is 48.1 Å². The fraction of sp³-hybridized carbons (Fsp3) is 0.182. The molecule has 0 radical (unpaired) electrons. The molecule has 172 valence electrons.